The van der Waals surface area contributed by atoms with E-state index >= 15 is 0 Å². The predicted molar refractivity (Wildman–Crippen MR) is 114 cm³/mol. The number of nitrogens with zero attached hydrogens (tertiary/aromatic N) is 2. The summed E-state index contributed by atoms with van der Waals surface area (Å²) in [5.74, 6) is 0.466. The quantitative estimate of drug-likeness (QED) is 0.459. The molecule has 0 aliphatic carbocycles. The molecule has 4 rings (SSSR count). The average Bonchev–Trinajstić information content (AvgIpc) is 2.63. The van der Waals surface area contributed by atoms with E-state index in [0.717, 1.165) is 33.6 Å². The molecule has 2 aromatic heterocycles. The van der Waals surface area contributed by atoms with Crippen molar-refractivity contribution in [1.82, 2.24) is 9.97 Å². The Morgan fingerprint density at radius 3 is 2.14 bits per heavy atom. The SMILES string of the molecule is Cc1ccc(-c2oc3cc(C)cc(C)c3c(=O)c2Oc2nc(C)cc(C)n2)cc1. The fourth-order valence-corrected chi connectivity index (χ4v) is 3.49. The molecule has 0 amide bonds. The van der Waals surface area contributed by atoms with Crippen LogP contribution in [0, 0.1) is 34.6 Å². The summed E-state index contributed by atoms with van der Waals surface area (Å²) in [6.45, 7) is 9.60. The van der Waals surface area contributed by atoms with Gasteiger partial charge in [-0.25, -0.2) is 9.97 Å². The maximum absolute atomic E-state index is 13.5. The number of fused-ring (bicyclic) bond motifs is 1. The molecule has 0 aliphatic rings. The molecule has 0 spiro atoms. The summed E-state index contributed by atoms with van der Waals surface area (Å²) >= 11 is 0. The predicted octanol–water partition coefficient (Wildman–Crippen LogP) is 5.58. The first kappa shape index (κ1) is 18.9. The molecule has 0 bridgehead atoms. The highest BCUT2D eigenvalue weighted by Gasteiger charge is 2.21. The summed E-state index contributed by atoms with van der Waals surface area (Å²) in [7, 11) is 0. The molecule has 146 valence electrons. The third kappa shape index (κ3) is 3.63. The second kappa shape index (κ2) is 7.17. The molecule has 4 aromatic rings. The van der Waals surface area contributed by atoms with Crippen molar-refractivity contribution >= 4 is 11.0 Å². The third-order valence-corrected chi connectivity index (χ3v) is 4.76. The Labute approximate surface area is 169 Å². The molecule has 5 heteroatoms. The summed E-state index contributed by atoms with van der Waals surface area (Å²) in [4.78, 5) is 22.1. The first-order valence-electron chi connectivity index (χ1n) is 9.47. The Balaban J connectivity index is 2.01. The van der Waals surface area contributed by atoms with E-state index in [0.29, 0.717) is 16.7 Å². The van der Waals surface area contributed by atoms with Crippen LogP contribution in [0.1, 0.15) is 28.1 Å². The van der Waals surface area contributed by atoms with Gasteiger partial charge in [0.25, 0.3) is 0 Å². The number of benzene rings is 2. The number of rotatable bonds is 3. The van der Waals surface area contributed by atoms with Crippen LogP contribution in [0.3, 0.4) is 0 Å². The van der Waals surface area contributed by atoms with Crippen LogP contribution in [0.25, 0.3) is 22.3 Å². The van der Waals surface area contributed by atoms with Crippen molar-refractivity contribution in [3.63, 3.8) is 0 Å². The summed E-state index contributed by atoms with van der Waals surface area (Å²) in [5, 5.41) is 0.505. The van der Waals surface area contributed by atoms with Crippen LogP contribution in [0.15, 0.2) is 51.7 Å². The molecule has 0 N–H and O–H groups in total. The van der Waals surface area contributed by atoms with Gasteiger partial charge >= 0.3 is 6.01 Å². The van der Waals surface area contributed by atoms with E-state index in [4.69, 9.17) is 9.15 Å². The lowest BCUT2D eigenvalue weighted by Gasteiger charge is -2.12. The summed E-state index contributed by atoms with van der Waals surface area (Å²) in [6.07, 6.45) is 0. The fraction of sp³-hybridized carbons (Fsp3) is 0.208. The third-order valence-electron chi connectivity index (χ3n) is 4.76. The zero-order valence-electron chi connectivity index (χ0n) is 17.2. The maximum atomic E-state index is 13.5. The van der Waals surface area contributed by atoms with Gasteiger partial charge in [-0.05, 0) is 57.9 Å². The maximum Gasteiger partial charge on any atom is 0.322 e. The van der Waals surface area contributed by atoms with Gasteiger partial charge in [0.05, 0.1) is 5.39 Å². The van der Waals surface area contributed by atoms with E-state index in [1.807, 2.05) is 77.1 Å². The summed E-state index contributed by atoms with van der Waals surface area (Å²) in [5.41, 5.74) is 5.58. The summed E-state index contributed by atoms with van der Waals surface area (Å²) < 4.78 is 12.2. The summed E-state index contributed by atoms with van der Waals surface area (Å²) in [6, 6.07) is 13.6. The van der Waals surface area contributed by atoms with E-state index < -0.39 is 0 Å². The Hall–Kier alpha value is -3.47. The lowest BCUT2D eigenvalue weighted by molar-refractivity contribution is 0.421. The van der Waals surface area contributed by atoms with Crippen molar-refractivity contribution < 1.29 is 9.15 Å². The van der Waals surface area contributed by atoms with E-state index in [2.05, 4.69) is 9.97 Å². The smallest absolute Gasteiger partial charge is 0.322 e. The van der Waals surface area contributed by atoms with Gasteiger partial charge in [0.2, 0.25) is 11.2 Å². The van der Waals surface area contributed by atoms with Crippen LogP contribution in [0.5, 0.6) is 11.8 Å². The molecule has 29 heavy (non-hydrogen) atoms. The highest BCUT2D eigenvalue weighted by Crippen LogP contribution is 2.34. The number of hydrogen-bond donors (Lipinski definition) is 0. The lowest BCUT2D eigenvalue weighted by atomic mass is 10.0. The Morgan fingerprint density at radius 2 is 1.48 bits per heavy atom. The topological polar surface area (TPSA) is 65.2 Å². The standard InChI is InChI=1S/C24H22N2O3/c1-13-6-8-18(9-7-13)22-23(29-24-25-16(4)12-17(5)26-24)21(27)20-15(3)10-14(2)11-19(20)28-22/h6-12H,1-5H3. The second-order valence-electron chi connectivity index (χ2n) is 7.45. The molecule has 0 fully saturated rings. The van der Waals surface area contributed by atoms with Crippen molar-refractivity contribution in [3.8, 4) is 23.1 Å². The highest BCUT2D eigenvalue weighted by molar-refractivity contribution is 5.85. The Morgan fingerprint density at radius 1 is 0.828 bits per heavy atom. The van der Waals surface area contributed by atoms with Crippen molar-refractivity contribution in [2.45, 2.75) is 34.6 Å². The minimum Gasteiger partial charge on any atom is -0.452 e. The zero-order valence-corrected chi connectivity index (χ0v) is 17.2. The van der Waals surface area contributed by atoms with Crippen LogP contribution in [0.2, 0.25) is 0 Å². The van der Waals surface area contributed by atoms with Crippen molar-refractivity contribution in [3.05, 3.63) is 80.8 Å². The lowest BCUT2D eigenvalue weighted by Crippen LogP contribution is -2.10. The number of ether oxygens (including phenoxy) is 1. The number of hydrogen-bond acceptors (Lipinski definition) is 5. The monoisotopic (exact) mass is 386 g/mol. The normalized spacial score (nSPS) is 11.1. The first-order chi connectivity index (χ1) is 13.8. The van der Waals surface area contributed by atoms with Crippen LogP contribution in [-0.4, -0.2) is 9.97 Å². The van der Waals surface area contributed by atoms with Gasteiger partial charge in [-0.1, -0.05) is 35.9 Å². The molecule has 0 saturated carbocycles. The average molecular weight is 386 g/mol. The van der Waals surface area contributed by atoms with Gasteiger partial charge in [-0.15, -0.1) is 0 Å². The van der Waals surface area contributed by atoms with Crippen LogP contribution >= 0.6 is 0 Å². The molecule has 0 atom stereocenters. The highest BCUT2D eigenvalue weighted by atomic mass is 16.5. The van der Waals surface area contributed by atoms with E-state index in [-0.39, 0.29) is 17.2 Å². The van der Waals surface area contributed by atoms with Crippen molar-refractivity contribution in [2.75, 3.05) is 0 Å². The molecule has 0 unspecified atom stereocenters. The first-order valence-corrected chi connectivity index (χ1v) is 9.47. The molecule has 2 heterocycles. The van der Waals surface area contributed by atoms with Gasteiger partial charge in [-0.2, -0.15) is 0 Å². The Kier molecular flexibility index (Phi) is 4.66. The van der Waals surface area contributed by atoms with E-state index in [9.17, 15) is 4.79 Å². The molecule has 5 nitrogen and oxygen atoms in total. The Bertz CT molecular complexity index is 1270. The number of aromatic nitrogens is 2. The van der Waals surface area contributed by atoms with Gasteiger partial charge in [0.15, 0.2) is 5.76 Å². The van der Waals surface area contributed by atoms with Crippen molar-refractivity contribution in [2.24, 2.45) is 0 Å². The molecule has 0 aliphatic heterocycles. The van der Waals surface area contributed by atoms with Crippen molar-refractivity contribution in [1.29, 1.82) is 0 Å². The van der Waals surface area contributed by atoms with Crippen LogP contribution < -0.4 is 10.2 Å². The van der Waals surface area contributed by atoms with E-state index in [1.54, 1.807) is 0 Å². The zero-order chi connectivity index (χ0) is 20.7. The van der Waals surface area contributed by atoms with E-state index in [1.165, 1.54) is 0 Å². The number of aryl methyl sites for hydroxylation is 5. The minimum atomic E-state index is -0.234. The van der Waals surface area contributed by atoms with Gasteiger partial charge in [0.1, 0.15) is 5.58 Å². The van der Waals surface area contributed by atoms with Crippen LogP contribution in [-0.2, 0) is 0 Å². The molecular formula is C24H22N2O3. The molecule has 0 saturated heterocycles. The largest absolute Gasteiger partial charge is 0.452 e. The van der Waals surface area contributed by atoms with Gasteiger partial charge < -0.3 is 9.15 Å². The molecule has 0 radical (unpaired) electrons. The molecule has 2 aromatic carbocycles. The second-order valence-corrected chi connectivity index (χ2v) is 7.45. The fourth-order valence-electron chi connectivity index (χ4n) is 3.49. The molecular weight excluding hydrogens is 364 g/mol. The van der Waals surface area contributed by atoms with Crippen LogP contribution in [0.4, 0.5) is 0 Å². The van der Waals surface area contributed by atoms with Gasteiger partial charge in [-0.3, -0.25) is 4.79 Å². The van der Waals surface area contributed by atoms with Gasteiger partial charge in [0, 0.05) is 17.0 Å². The minimum absolute atomic E-state index is 0.0957.